The second kappa shape index (κ2) is 8.73. The molecule has 1 aliphatic heterocycles. The first-order chi connectivity index (χ1) is 11.1. The van der Waals surface area contributed by atoms with E-state index >= 15 is 0 Å². The molecule has 0 spiro atoms. The Morgan fingerprint density at radius 3 is 2.52 bits per heavy atom. The molecule has 1 heterocycles. The molecule has 0 bridgehead atoms. The van der Waals surface area contributed by atoms with Gasteiger partial charge in [0.15, 0.2) is 0 Å². The predicted molar refractivity (Wildman–Crippen MR) is 94.4 cm³/mol. The number of amides is 1. The van der Waals surface area contributed by atoms with Gasteiger partial charge in [0.05, 0.1) is 0 Å². The highest BCUT2D eigenvalue weighted by molar-refractivity contribution is 5.92. The lowest BCUT2D eigenvalue weighted by atomic mass is 9.97. The van der Waals surface area contributed by atoms with E-state index in [1.165, 1.54) is 5.69 Å². The van der Waals surface area contributed by atoms with Gasteiger partial charge in [-0.25, -0.2) is 0 Å². The highest BCUT2D eigenvalue weighted by Gasteiger charge is 2.18. The lowest BCUT2D eigenvalue weighted by Crippen LogP contribution is -2.34. The van der Waals surface area contributed by atoms with E-state index in [4.69, 9.17) is 0 Å². The van der Waals surface area contributed by atoms with Gasteiger partial charge in [-0.15, -0.1) is 0 Å². The van der Waals surface area contributed by atoms with E-state index in [2.05, 4.69) is 34.5 Å². The first kappa shape index (κ1) is 17.5. The molecule has 1 aromatic rings. The molecular weight excluding hydrogens is 288 g/mol. The maximum Gasteiger partial charge on any atom is 0.246 e. The average Bonchev–Trinajstić information content (AvgIpc) is 2.60. The van der Waals surface area contributed by atoms with Crippen LogP contribution in [0.4, 0.5) is 5.69 Å². The number of hydrogen-bond donors (Lipinski definition) is 2. The van der Waals surface area contributed by atoms with E-state index in [0.717, 1.165) is 43.5 Å². The van der Waals surface area contributed by atoms with Crippen molar-refractivity contribution in [2.24, 2.45) is 5.92 Å². The van der Waals surface area contributed by atoms with Crippen LogP contribution in [0, 0.1) is 5.92 Å². The number of aliphatic hydroxyl groups is 1. The molecule has 0 atom stereocenters. The maximum atomic E-state index is 11.9. The van der Waals surface area contributed by atoms with Crippen LogP contribution in [0.3, 0.4) is 0 Å². The molecule has 1 aliphatic rings. The van der Waals surface area contributed by atoms with Gasteiger partial charge in [0.25, 0.3) is 0 Å². The summed E-state index contributed by atoms with van der Waals surface area (Å²) in [7, 11) is 0. The van der Waals surface area contributed by atoms with Crippen molar-refractivity contribution in [1.82, 2.24) is 5.32 Å². The number of carbonyl (C=O) groups excluding carboxylic acids is 1. The summed E-state index contributed by atoms with van der Waals surface area (Å²) in [6.07, 6.45) is 4.92. The van der Waals surface area contributed by atoms with Gasteiger partial charge in [-0.2, -0.15) is 0 Å². The number of nitrogens with one attached hydrogen (secondary N) is 1. The van der Waals surface area contributed by atoms with Crippen molar-refractivity contribution >= 4 is 11.6 Å². The van der Waals surface area contributed by atoms with Gasteiger partial charge in [0, 0.05) is 37.5 Å². The number of rotatable bonds is 6. The van der Waals surface area contributed by atoms with E-state index in [-0.39, 0.29) is 5.91 Å². The summed E-state index contributed by atoms with van der Waals surface area (Å²) in [6.45, 7) is 6.74. The summed E-state index contributed by atoms with van der Waals surface area (Å²) in [4.78, 5) is 14.2. The molecule has 4 heteroatoms. The van der Waals surface area contributed by atoms with E-state index in [1.54, 1.807) is 0 Å². The van der Waals surface area contributed by atoms with E-state index in [0.29, 0.717) is 19.1 Å². The maximum absolute atomic E-state index is 11.9. The molecule has 1 saturated heterocycles. The second-order valence-corrected chi connectivity index (χ2v) is 6.26. The summed E-state index contributed by atoms with van der Waals surface area (Å²) in [6, 6.07) is 8.39. The summed E-state index contributed by atoms with van der Waals surface area (Å²) in [5.74, 6) is 0.460. The average molecular weight is 316 g/mol. The fourth-order valence-corrected chi connectivity index (χ4v) is 2.92. The molecule has 0 saturated carbocycles. The van der Waals surface area contributed by atoms with Crippen LogP contribution in [-0.4, -0.2) is 30.7 Å². The minimum atomic E-state index is 0.00185. The first-order valence-corrected chi connectivity index (χ1v) is 8.53. The van der Waals surface area contributed by atoms with Crippen LogP contribution in [-0.2, 0) is 11.3 Å². The minimum Gasteiger partial charge on any atom is -0.396 e. The molecular formula is C19H28N2O2. The van der Waals surface area contributed by atoms with Crippen LogP contribution < -0.4 is 10.2 Å². The quantitative estimate of drug-likeness (QED) is 0.794. The first-order valence-electron chi connectivity index (χ1n) is 8.53. The van der Waals surface area contributed by atoms with Gasteiger partial charge in [-0.3, -0.25) is 4.79 Å². The van der Waals surface area contributed by atoms with E-state index in [1.807, 2.05) is 19.9 Å². The van der Waals surface area contributed by atoms with Crippen molar-refractivity contribution in [3.05, 3.63) is 41.5 Å². The number of benzene rings is 1. The third kappa shape index (κ3) is 5.10. The SMILES string of the molecule is CC/C=C(/C)C(=O)NCc1ccc(N2CCC(CO)CC2)cc1. The van der Waals surface area contributed by atoms with Crippen LogP contribution in [0.25, 0.3) is 0 Å². The summed E-state index contributed by atoms with van der Waals surface area (Å²) >= 11 is 0. The number of aliphatic hydroxyl groups excluding tert-OH is 1. The summed E-state index contributed by atoms with van der Waals surface area (Å²) < 4.78 is 0. The van der Waals surface area contributed by atoms with Crippen molar-refractivity contribution in [3.8, 4) is 0 Å². The van der Waals surface area contributed by atoms with E-state index in [9.17, 15) is 9.90 Å². The fourth-order valence-electron chi connectivity index (χ4n) is 2.92. The molecule has 1 aromatic carbocycles. The van der Waals surface area contributed by atoms with Crippen molar-refractivity contribution in [2.45, 2.75) is 39.7 Å². The molecule has 23 heavy (non-hydrogen) atoms. The lowest BCUT2D eigenvalue weighted by molar-refractivity contribution is -0.117. The third-order valence-corrected chi connectivity index (χ3v) is 4.50. The molecule has 0 unspecified atom stereocenters. The Kier molecular flexibility index (Phi) is 6.66. The number of hydrogen-bond acceptors (Lipinski definition) is 3. The Hall–Kier alpha value is -1.81. The normalized spacial score (nSPS) is 16.5. The van der Waals surface area contributed by atoms with Gasteiger partial charge < -0.3 is 15.3 Å². The topological polar surface area (TPSA) is 52.6 Å². The standard InChI is InChI=1S/C19H28N2O2/c1-3-4-15(2)19(23)20-13-16-5-7-18(8-6-16)21-11-9-17(14-22)10-12-21/h4-8,17,22H,3,9-14H2,1-2H3,(H,20,23)/b15-4-. The molecule has 1 fully saturated rings. The summed E-state index contributed by atoms with van der Waals surface area (Å²) in [5, 5.41) is 12.2. The van der Waals surface area contributed by atoms with Crippen LogP contribution in [0.15, 0.2) is 35.9 Å². The largest absolute Gasteiger partial charge is 0.396 e. The van der Waals surface area contributed by atoms with Gasteiger partial charge >= 0.3 is 0 Å². The van der Waals surface area contributed by atoms with Crippen molar-refractivity contribution in [2.75, 3.05) is 24.6 Å². The Balaban J connectivity index is 1.85. The lowest BCUT2D eigenvalue weighted by Gasteiger charge is -2.33. The fraction of sp³-hybridized carbons (Fsp3) is 0.526. The molecule has 1 amide bonds. The zero-order chi connectivity index (χ0) is 16.7. The molecule has 0 radical (unpaired) electrons. The zero-order valence-electron chi connectivity index (χ0n) is 14.2. The highest BCUT2D eigenvalue weighted by Crippen LogP contribution is 2.23. The molecule has 126 valence electrons. The molecule has 2 rings (SSSR count). The minimum absolute atomic E-state index is 0.00185. The monoisotopic (exact) mass is 316 g/mol. The predicted octanol–water partition coefficient (Wildman–Crippen LogP) is 2.87. The third-order valence-electron chi connectivity index (χ3n) is 4.50. The summed E-state index contributed by atoms with van der Waals surface area (Å²) in [5.41, 5.74) is 3.10. The number of anilines is 1. The van der Waals surface area contributed by atoms with Crippen LogP contribution >= 0.6 is 0 Å². The molecule has 4 nitrogen and oxygen atoms in total. The number of allylic oxidation sites excluding steroid dienone is 1. The van der Waals surface area contributed by atoms with Crippen LogP contribution in [0.1, 0.15) is 38.7 Å². The number of piperidine rings is 1. The van der Waals surface area contributed by atoms with Crippen molar-refractivity contribution in [3.63, 3.8) is 0 Å². The van der Waals surface area contributed by atoms with E-state index < -0.39 is 0 Å². The van der Waals surface area contributed by atoms with Crippen molar-refractivity contribution < 1.29 is 9.90 Å². The van der Waals surface area contributed by atoms with Gasteiger partial charge in [-0.05, 0) is 49.8 Å². The number of carbonyl (C=O) groups is 1. The zero-order valence-corrected chi connectivity index (χ0v) is 14.2. The Morgan fingerprint density at radius 1 is 1.30 bits per heavy atom. The Bertz CT molecular complexity index is 529. The molecule has 2 N–H and O–H groups in total. The number of nitrogens with zero attached hydrogens (tertiary/aromatic N) is 1. The smallest absolute Gasteiger partial charge is 0.246 e. The van der Waals surface area contributed by atoms with Gasteiger partial charge in [-0.1, -0.05) is 25.1 Å². The van der Waals surface area contributed by atoms with Gasteiger partial charge in [0.2, 0.25) is 5.91 Å². The Morgan fingerprint density at radius 2 is 1.96 bits per heavy atom. The second-order valence-electron chi connectivity index (χ2n) is 6.26. The van der Waals surface area contributed by atoms with Crippen LogP contribution in [0.5, 0.6) is 0 Å². The highest BCUT2D eigenvalue weighted by atomic mass is 16.3. The Labute approximate surface area is 139 Å². The van der Waals surface area contributed by atoms with Crippen molar-refractivity contribution in [1.29, 1.82) is 0 Å². The van der Waals surface area contributed by atoms with Crippen LogP contribution in [0.2, 0.25) is 0 Å². The molecule has 0 aromatic heterocycles. The van der Waals surface area contributed by atoms with Gasteiger partial charge in [0.1, 0.15) is 0 Å². The molecule has 0 aliphatic carbocycles.